The van der Waals surface area contributed by atoms with Gasteiger partial charge in [0.25, 0.3) is 0 Å². The molecule has 0 heterocycles. The van der Waals surface area contributed by atoms with Crippen LogP contribution in [0.4, 0.5) is 4.39 Å². The van der Waals surface area contributed by atoms with Crippen LogP contribution < -0.4 is 10.5 Å². The van der Waals surface area contributed by atoms with Gasteiger partial charge in [-0.25, -0.2) is 4.39 Å². The van der Waals surface area contributed by atoms with Crippen molar-refractivity contribution in [3.63, 3.8) is 0 Å². The van der Waals surface area contributed by atoms with E-state index in [-0.39, 0.29) is 5.82 Å². The molecule has 1 aromatic rings. The van der Waals surface area contributed by atoms with Gasteiger partial charge in [0.2, 0.25) is 0 Å². The highest BCUT2D eigenvalue weighted by molar-refractivity contribution is 5.29. The number of halogens is 1. The van der Waals surface area contributed by atoms with Gasteiger partial charge in [0.05, 0.1) is 7.11 Å². The van der Waals surface area contributed by atoms with Crippen molar-refractivity contribution in [3.05, 3.63) is 29.6 Å². The Kier molecular flexibility index (Phi) is 5.16. The predicted molar refractivity (Wildman–Crippen MR) is 74.7 cm³/mol. The molecule has 0 unspecified atom stereocenters. The van der Waals surface area contributed by atoms with Crippen LogP contribution in [0.15, 0.2) is 18.2 Å². The maximum Gasteiger partial charge on any atom is 0.165 e. The number of nitrogens with two attached hydrogens (primary N) is 1. The Morgan fingerprint density at radius 1 is 1.37 bits per heavy atom. The zero-order valence-electron chi connectivity index (χ0n) is 11.6. The monoisotopic (exact) mass is 266 g/mol. The summed E-state index contributed by atoms with van der Waals surface area (Å²) in [5.74, 6) is 0.00844. The third kappa shape index (κ3) is 3.67. The molecule has 1 fully saturated rings. The van der Waals surface area contributed by atoms with Gasteiger partial charge < -0.3 is 10.5 Å². The van der Waals surface area contributed by atoms with E-state index < -0.39 is 0 Å². The topological polar surface area (TPSA) is 38.5 Å². The summed E-state index contributed by atoms with van der Waals surface area (Å²) in [6.07, 6.45) is 5.06. The Balaban J connectivity index is 2.05. The lowest BCUT2D eigenvalue weighted by atomic mass is 10.1. The van der Waals surface area contributed by atoms with E-state index in [0.29, 0.717) is 18.3 Å². The molecule has 0 amide bonds. The zero-order valence-corrected chi connectivity index (χ0v) is 11.6. The molecule has 1 aliphatic rings. The van der Waals surface area contributed by atoms with Gasteiger partial charge in [-0.2, -0.15) is 0 Å². The van der Waals surface area contributed by atoms with Crippen LogP contribution in [-0.2, 0) is 6.54 Å². The molecule has 0 bridgehead atoms. The Bertz CT molecular complexity index is 405. The summed E-state index contributed by atoms with van der Waals surface area (Å²) in [4.78, 5) is 2.38. The van der Waals surface area contributed by atoms with E-state index in [1.807, 2.05) is 6.07 Å². The van der Waals surface area contributed by atoms with Gasteiger partial charge in [-0.1, -0.05) is 18.9 Å². The highest BCUT2D eigenvalue weighted by atomic mass is 19.1. The molecule has 0 radical (unpaired) electrons. The summed E-state index contributed by atoms with van der Waals surface area (Å²) < 4.78 is 18.6. The number of rotatable bonds is 6. The largest absolute Gasteiger partial charge is 0.494 e. The van der Waals surface area contributed by atoms with E-state index in [2.05, 4.69) is 4.90 Å². The van der Waals surface area contributed by atoms with E-state index in [0.717, 1.165) is 18.7 Å². The maximum absolute atomic E-state index is 13.7. The fraction of sp³-hybridized carbons (Fsp3) is 0.600. The van der Waals surface area contributed by atoms with Crippen LogP contribution in [0.5, 0.6) is 5.75 Å². The summed E-state index contributed by atoms with van der Waals surface area (Å²) in [7, 11) is 1.48. The fourth-order valence-corrected chi connectivity index (χ4v) is 2.87. The minimum Gasteiger partial charge on any atom is -0.494 e. The molecular weight excluding hydrogens is 243 g/mol. The highest BCUT2D eigenvalue weighted by Gasteiger charge is 2.22. The number of ether oxygens (including phenoxy) is 1. The van der Waals surface area contributed by atoms with E-state index in [1.165, 1.54) is 32.8 Å². The van der Waals surface area contributed by atoms with Crippen molar-refractivity contribution >= 4 is 0 Å². The smallest absolute Gasteiger partial charge is 0.165 e. The molecule has 0 aliphatic heterocycles. The minimum atomic E-state index is -0.292. The second kappa shape index (κ2) is 6.87. The first-order valence-electron chi connectivity index (χ1n) is 7.01. The van der Waals surface area contributed by atoms with Crippen LogP contribution in [-0.4, -0.2) is 31.1 Å². The number of benzene rings is 1. The molecule has 0 aromatic heterocycles. The number of methoxy groups -OCH3 is 1. The summed E-state index contributed by atoms with van der Waals surface area (Å²) in [5, 5.41) is 0. The predicted octanol–water partition coefficient (Wildman–Crippen LogP) is 2.54. The van der Waals surface area contributed by atoms with Crippen LogP contribution in [0, 0.1) is 5.82 Å². The fourth-order valence-electron chi connectivity index (χ4n) is 2.87. The lowest BCUT2D eigenvalue weighted by molar-refractivity contribution is 0.195. The molecule has 0 atom stereocenters. The quantitative estimate of drug-likeness (QED) is 0.860. The van der Waals surface area contributed by atoms with Crippen molar-refractivity contribution < 1.29 is 9.13 Å². The Hall–Kier alpha value is -1.13. The maximum atomic E-state index is 13.7. The molecule has 1 aromatic carbocycles. The molecule has 0 spiro atoms. The van der Waals surface area contributed by atoms with Gasteiger partial charge in [-0.05, 0) is 30.5 Å². The number of hydrogen-bond acceptors (Lipinski definition) is 3. The average molecular weight is 266 g/mol. The van der Waals surface area contributed by atoms with Crippen molar-refractivity contribution in [3.8, 4) is 5.75 Å². The van der Waals surface area contributed by atoms with E-state index in [9.17, 15) is 4.39 Å². The zero-order chi connectivity index (χ0) is 13.7. The van der Waals surface area contributed by atoms with Crippen LogP contribution in [0.2, 0.25) is 0 Å². The van der Waals surface area contributed by atoms with E-state index in [4.69, 9.17) is 10.5 Å². The molecule has 0 saturated heterocycles. The Morgan fingerprint density at radius 3 is 2.68 bits per heavy atom. The molecule has 4 heteroatoms. The average Bonchev–Trinajstić information content (AvgIpc) is 2.92. The second-order valence-corrected chi connectivity index (χ2v) is 5.17. The Labute approximate surface area is 114 Å². The lowest BCUT2D eigenvalue weighted by Gasteiger charge is -2.28. The molecule has 1 saturated carbocycles. The molecule has 106 valence electrons. The van der Waals surface area contributed by atoms with Gasteiger partial charge in [0.1, 0.15) is 0 Å². The normalized spacial score (nSPS) is 16.2. The first-order valence-corrected chi connectivity index (χ1v) is 7.01. The van der Waals surface area contributed by atoms with Crippen molar-refractivity contribution in [2.45, 2.75) is 38.3 Å². The van der Waals surface area contributed by atoms with Crippen molar-refractivity contribution in [1.29, 1.82) is 0 Å². The van der Waals surface area contributed by atoms with Gasteiger partial charge in [0.15, 0.2) is 11.6 Å². The van der Waals surface area contributed by atoms with Crippen molar-refractivity contribution in [2.24, 2.45) is 5.73 Å². The molecule has 2 N–H and O–H groups in total. The first-order chi connectivity index (χ1) is 9.24. The van der Waals surface area contributed by atoms with Crippen LogP contribution in [0.1, 0.15) is 31.2 Å². The van der Waals surface area contributed by atoms with Crippen LogP contribution in [0.3, 0.4) is 0 Å². The van der Waals surface area contributed by atoms with Crippen LogP contribution in [0.25, 0.3) is 0 Å². The third-order valence-corrected chi connectivity index (χ3v) is 3.86. The Morgan fingerprint density at radius 2 is 2.11 bits per heavy atom. The molecule has 1 aliphatic carbocycles. The molecular formula is C15H23FN2O. The molecule has 3 nitrogen and oxygen atoms in total. The van der Waals surface area contributed by atoms with Gasteiger partial charge in [-0.3, -0.25) is 4.90 Å². The summed E-state index contributed by atoms with van der Waals surface area (Å²) >= 11 is 0. The van der Waals surface area contributed by atoms with E-state index in [1.54, 1.807) is 12.1 Å². The molecule has 19 heavy (non-hydrogen) atoms. The number of nitrogens with zero attached hydrogens (tertiary/aromatic N) is 1. The van der Waals surface area contributed by atoms with Gasteiger partial charge in [-0.15, -0.1) is 0 Å². The minimum absolute atomic E-state index is 0.292. The van der Waals surface area contributed by atoms with Gasteiger partial charge in [0, 0.05) is 25.7 Å². The van der Waals surface area contributed by atoms with Crippen LogP contribution >= 0.6 is 0 Å². The molecule has 2 rings (SSSR count). The highest BCUT2D eigenvalue weighted by Crippen LogP contribution is 2.25. The van der Waals surface area contributed by atoms with Crippen molar-refractivity contribution in [2.75, 3.05) is 20.2 Å². The standard InChI is InChI=1S/C15H23FN2O/c1-19-15-7-6-12(10-14(15)16)11-18(9-8-17)13-4-2-3-5-13/h6-7,10,13H,2-5,8-9,11,17H2,1H3. The summed E-state index contributed by atoms with van der Waals surface area (Å²) in [6, 6.07) is 5.80. The summed E-state index contributed by atoms with van der Waals surface area (Å²) in [6.45, 7) is 2.29. The van der Waals surface area contributed by atoms with Gasteiger partial charge >= 0.3 is 0 Å². The second-order valence-electron chi connectivity index (χ2n) is 5.17. The first kappa shape index (κ1) is 14.3. The number of hydrogen-bond donors (Lipinski definition) is 1. The van der Waals surface area contributed by atoms with E-state index >= 15 is 0 Å². The lowest BCUT2D eigenvalue weighted by Crippen LogP contribution is -2.36. The van der Waals surface area contributed by atoms with Crippen molar-refractivity contribution in [1.82, 2.24) is 4.90 Å². The SMILES string of the molecule is COc1ccc(CN(CCN)C2CCCC2)cc1F. The summed E-state index contributed by atoms with van der Waals surface area (Å²) in [5.41, 5.74) is 6.68. The third-order valence-electron chi connectivity index (χ3n) is 3.86.